The molecule has 3 aromatic heterocycles. The zero-order valence-electron chi connectivity index (χ0n) is 12.4. The van der Waals surface area contributed by atoms with Gasteiger partial charge in [0.2, 0.25) is 0 Å². The molecule has 0 aromatic carbocycles. The summed E-state index contributed by atoms with van der Waals surface area (Å²) in [6.07, 6.45) is 1.73. The molecule has 0 atom stereocenters. The predicted molar refractivity (Wildman–Crippen MR) is 84.0 cm³/mol. The Balaban J connectivity index is 2.08. The molecule has 0 amide bonds. The number of aryl methyl sites for hydroxylation is 3. The first-order valence-corrected chi connectivity index (χ1v) is 7.41. The Hall–Kier alpha value is -2.28. The van der Waals surface area contributed by atoms with Gasteiger partial charge in [0, 0.05) is 29.9 Å². The topological polar surface area (TPSA) is 82.5 Å². The van der Waals surface area contributed by atoms with Crippen LogP contribution in [0.15, 0.2) is 11.6 Å². The smallest absolute Gasteiger partial charge is 0.137 e. The number of hydrogen-bond acceptors (Lipinski definition) is 6. The van der Waals surface area contributed by atoms with Crippen molar-refractivity contribution < 1.29 is 0 Å². The maximum absolute atomic E-state index is 5.96. The standard InChI is InChI=1S/C14H16N6S/c1-7-12(8(2)20(4)19-7)11-6-21-14(18-11)10-5-16-9(3)17-13(10)15/h5-6H,1-4H3,(H2,15,16,17). The minimum Gasteiger partial charge on any atom is -0.383 e. The molecule has 3 aromatic rings. The van der Waals surface area contributed by atoms with Crippen LogP contribution in [0.5, 0.6) is 0 Å². The summed E-state index contributed by atoms with van der Waals surface area (Å²) in [6.45, 7) is 5.85. The van der Waals surface area contributed by atoms with Crippen molar-refractivity contribution in [2.24, 2.45) is 7.05 Å². The Morgan fingerprint density at radius 2 is 1.95 bits per heavy atom. The molecule has 0 bridgehead atoms. The molecule has 108 valence electrons. The first-order valence-electron chi connectivity index (χ1n) is 6.53. The minimum atomic E-state index is 0.461. The highest BCUT2D eigenvalue weighted by Crippen LogP contribution is 2.33. The minimum absolute atomic E-state index is 0.461. The van der Waals surface area contributed by atoms with Gasteiger partial charge in [0.15, 0.2) is 0 Å². The largest absolute Gasteiger partial charge is 0.383 e. The molecule has 7 heteroatoms. The van der Waals surface area contributed by atoms with Crippen molar-refractivity contribution in [1.29, 1.82) is 0 Å². The predicted octanol–water partition coefficient (Wildman–Crippen LogP) is 2.51. The van der Waals surface area contributed by atoms with Gasteiger partial charge in [-0.2, -0.15) is 5.10 Å². The summed E-state index contributed by atoms with van der Waals surface area (Å²) < 4.78 is 1.87. The third-order valence-electron chi connectivity index (χ3n) is 3.44. The van der Waals surface area contributed by atoms with Gasteiger partial charge >= 0.3 is 0 Å². The van der Waals surface area contributed by atoms with Gasteiger partial charge in [0.05, 0.1) is 17.0 Å². The van der Waals surface area contributed by atoms with Gasteiger partial charge in [0.1, 0.15) is 16.6 Å². The number of aromatic nitrogens is 5. The quantitative estimate of drug-likeness (QED) is 0.786. The fourth-order valence-electron chi connectivity index (χ4n) is 2.31. The van der Waals surface area contributed by atoms with Crippen molar-refractivity contribution in [3.63, 3.8) is 0 Å². The molecule has 2 N–H and O–H groups in total. The van der Waals surface area contributed by atoms with Crippen molar-refractivity contribution >= 4 is 17.2 Å². The van der Waals surface area contributed by atoms with Crippen LogP contribution in [-0.2, 0) is 7.05 Å². The normalized spacial score (nSPS) is 11.0. The SMILES string of the molecule is Cc1ncc(-c2nc(-c3c(C)nn(C)c3C)cs2)c(N)n1. The number of rotatable bonds is 2. The second-order valence-electron chi connectivity index (χ2n) is 4.92. The number of anilines is 1. The van der Waals surface area contributed by atoms with Gasteiger partial charge in [-0.3, -0.25) is 4.68 Å². The average molecular weight is 300 g/mol. The second-order valence-corrected chi connectivity index (χ2v) is 5.78. The monoisotopic (exact) mass is 300 g/mol. The zero-order chi connectivity index (χ0) is 15.1. The zero-order valence-corrected chi connectivity index (χ0v) is 13.2. The van der Waals surface area contributed by atoms with Crippen LogP contribution in [0.2, 0.25) is 0 Å². The van der Waals surface area contributed by atoms with Crippen molar-refractivity contribution in [1.82, 2.24) is 24.7 Å². The van der Waals surface area contributed by atoms with E-state index in [1.807, 2.05) is 37.9 Å². The Morgan fingerprint density at radius 1 is 1.19 bits per heavy atom. The number of hydrogen-bond donors (Lipinski definition) is 1. The van der Waals surface area contributed by atoms with E-state index in [9.17, 15) is 0 Å². The van der Waals surface area contributed by atoms with Crippen LogP contribution in [0.3, 0.4) is 0 Å². The summed E-state index contributed by atoms with van der Waals surface area (Å²) in [5.74, 6) is 1.12. The fraction of sp³-hybridized carbons (Fsp3) is 0.286. The first-order chi connectivity index (χ1) is 9.97. The lowest BCUT2D eigenvalue weighted by molar-refractivity contribution is 0.731. The molecule has 6 nitrogen and oxygen atoms in total. The molecule has 3 rings (SSSR count). The summed E-state index contributed by atoms with van der Waals surface area (Å²) >= 11 is 1.54. The lowest BCUT2D eigenvalue weighted by Crippen LogP contribution is -1.98. The third-order valence-corrected chi connectivity index (χ3v) is 4.31. The van der Waals surface area contributed by atoms with Crippen LogP contribution in [0.4, 0.5) is 5.82 Å². The molecule has 3 heterocycles. The number of nitrogens with two attached hydrogens (primary N) is 1. The van der Waals surface area contributed by atoms with Crippen LogP contribution in [-0.4, -0.2) is 24.7 Å². The van der Waals surface area contributed by atoms with E-state index in [2.05, 4.69) is 20.1 Å². The van der Waals surface area contributed by atoms with Crippen LogP contribution in [0.25, 0.3) is 21.8 Å². The van der Waals surface area contributed by atoms with Crippen molar-refractivity contribution in [3.05, 3.63) is 28.8 Å². The van der Waals surface area contributed by atoms with Gasteiger partial charge < -0.3 is 5.73 Å². The Morgan fingerprint density at radius 3 is 2.57 bits per heavy atom. The lowest BCUT2D eigenvalue weighted by Gasteiger charge is -2.01. The van der Waals surface area contributed by atoms with Gasteiger partial charge in [-0.15, -0.1) is 11.3 Å². The van der Waals surface area contributed by atoms with Crippen molar-refractivity contribution in [2.75, 3.05) is 5.73 Å². The molecule has 0 aliphatic carbocycles. The maximum atomic E-state index is 5.96. The highest BCUT2D eigenvalue weighted by atomic mass is 32.1. The molecule has 0 fully saturated rings. The number of nitrogens with zero attached hydrogens (tertiary/aromatic N) is 5. The fourth-order valence-corrected chi connectivity index (χ4v) is 3.14. The first kappa shape index (κ1) is 13.7. The number of nitrogen functional groups attached to an aromatic ring is 1. The van der Waals surface area contributed by atoms with Crippen molar-refractivity contribution in [3.8, 4) is 21.8 Å². The van der Waals surface area contributed by atoms with Gasteiger partial charge in [0.25, 0.3) is 0 Å². The summed E-state index contributed by atoms with van der Waals surface area (Å²) in [5.41, 5.74) is 10.8. The Bertz CT molecular complexity index is 817. The van der Waals surface area contributed by atoms with E-state index in [4.69, 9.17) is 5.73 Å². The molecule has 0 radical (unpaired) electrons. The second kappa shape index (κ2) is 4.92. The molecule has 21 heavy (non-hydrogen) atoms. The van der Waals surface area contributed by atoms with E-state index in [0.29, 0.717) is 11.6 Å². The highest BCUT2D eigenvalue weighted by Gasteiger charge is 2.16. The Kier molecular flexibility index (Phi) is 3.21. The molecular weight excluding hydrogens is 284 g/mol. The summed E-state index contributed by atoms with van der Waals surface area (Å²) in [6, 6.07) is 0. The van der Waals surface area contributed by atoms with E-state index in [0.717, 1.165) is 33.2 Å². The van der Waals surface area contributed by atoms with Gasteiger partial charge in [-0.1, -0.05) is 0 Å². The molecule has 0 saturated heterocycles. The summed E-state index contributed by atoms with van der Waals surface area (Å²) in [5, 5.41) is 7.27. The van der Waals surface area contributed by atoms with Crippen LogP contribution < -0.4 is 5.73 Å². The molecule has 0 saturated carbocycles. The third kappa shape index (κ3) is 2.29. The molecule has 0 spiro atoms. The number of thiazole rings is 1. The lowest BCUT2D eigenvalue weighted by atomic mass is 10.1. The van der Waals surface area contributed by atoms with E-state index in [-0.39, 0.29) is 0 Å². The Labute approximate surface area is 126 Å². The van der Waals surface area contributed by atoms with Crippen LogP contribution in [0, 0.1) is 20.8 Å². The highest BCUT2D eigenvalue weighted by molar-refractivity contribution is 7.13. The van der Waals surface area contributed by atoms with E-state index >= 15 is 0 Å². The van der Waals surface area contributed by atoms with Crippen LogP contribution >= 0.6 is 11.3 Å². The van der Waals surface area contributed by atoms with Gasteiger partial charge in [-0.25, -0.2) is 15.0 Å². The molecular formula is C14H16N6S. The maximum Gasteiger partial charge on any atom is 0.137 e. The van der Waals surface area contributed by atoms with Crippen molar-refractivity contribution in [2.45, 2.75) is 20.8 Å². The molecule has 0 unspecified atom stereocenters. The van der Waals surface area contributed by atoms with E-state index in [1.54, 1.807) is 6.20 Å². The average Bonchev–Trinajstić information content (AvgIpc) is 2.96. The van der Waals surface area contributed by atoms with E-state index < -0.39 is 0 Å². The van der Waals surface area contributed by atoms with Crippen LogP contribution in [0.1, 0.15) is 17.2 Å². The summed E-state index contributed by atoms with van der Waals surface area (Å²) in [7, 11) is 1.94. The summed E-state index contributed by atoms with van der Waals surface area (Å²) in [4.78, 5) is 13.1. The molecule has 0 aliphatic heterocycles. The van der Waals surface area contributed by atoms with E-state index in [1.165, 1.54) is 11.3 Å². The molecule has 0 aliphatic rings. The van der Waals surface area contributed by atoms with Gasteiger partial charge in [-0.05, 0) is 20.8 Å².